The predicted molar refractivity (Wildman–Crippen MR) is 133 cm³/mol. The van der Waals surface area contributed by atoms with Crippen LogP contribution in [-0.2, 0) is 0 Å². The van der Waals surface area contributed by atoms with Crippen LogP contribution >= 0.6 is 22.6 Å². The lowest BCUT2D eigenvalue weighted by Gasteiger charge is -2.32. The number of nitrogens with zero attached hydrogens (tertiary/aromatic N) is 4. The Morgan fingerprint density at radius 1 is 1.27 bits per heavy atom. The molecule has 0 radical (unpaired) electrons. The summed E-state index contributed by atoms with van der Waals surface area (Å²) in [5.74, 6) is 0.620. The Morgan fingerprint density at radius 3 is 2.67 bits per heavy atom. The summed E-state index contributed by atoms with van der Waals surface area (Å²) in [4.78, 5) is 18.0. The van der Waals surface area contributed by atoms with Crippen molar-refractivity contribution in [2.75, 3.05) is 33.4 Å². The molecule has 0 spiro atoms. The Bertz CT molecular complexity index is 990. The van der Waals surface area contributed by atoms with Gasteiger partial charge in [0.2, 0.25) is 0 Å². The average molecular weight is 567 g/mol. The fourth-order valence-corrected chi connectivity index (χ4v) is 4.31. The smallest absolute Gasteiger partial charge is 0.255 e. The highest BCUT2D eigenvalue weighted by Gasteiger charge is 2.23. The van der Waals surface area contributed by atoms with Crippen molar-refractivity contribution in [2.24, 2.45) is 5.11 Å². The van der Waals surface area contributed by atoms with Crippen LogP contribution in [-0.4, -0.2) is 50.2 Å². The second-order valence-electron chi connectivity index (χ2n) is 7.79. The van der Waals surface area contributed by atoms with Crippen molar-refractivity contribution in [1.82, 2.24) is 10.2 Å². The summed E-state index contributed by atoms with van der Waals surface area (Å²) in [6, 6.07) is 9.44. The van der Waals surface area contributed by atoms with Crippen LogP contribution < -0.4 is 14.8 Å². The van der Waals surface area contributed by atoms with Gasteiger partial charge < -0.3 is 19.7 Å². The molecule has 2 aromatic rings. The summed E-state index contributed by atoms with van der Waals surface area (Å²) >= 11 is 2.04. The molecule has 1 N–H and O–H groups in total. The van der Waals surface area contributed by atoms with E-state index in [1.54, 1.807) is 24.3 Å². The lowest BCUT2D eigenvalue weighted by molar-refractivity contribution is 0.0907. The minimum absolute atomic E-state index is 0.106. The van der Waals surface area contributed by atoms with Crippen LogP contribution in [0.3, 0.4) is 0 Å². The van der Waals surface area contributed by atoms with Gasteiger partial charge in [-0.3, -0.25) is 4.79 Å². The fraction of sp³-hybridized carbons (Fsp3) is 0.435. The maximum atomic E-state index is 12.9. The summed E-state index contributed by atoms with van der Waals surface area (Å²) in [5, 5.41) is 6.74. The van der Waals surface area contributed by atoms with Crippen LogP contribution in [0.5, 0.6) is 11.5 Å². The number of hydrogen-bond donors (Lipinski definition) is 1. The molecule has 1 heterocycles. The molecule has 8 nitrogen and oxygen atoms in total. The van der Waals surface area contributed by atoms with Crippen molar-refractivity contribution in [3.8, 4) is 11.5 Å². The number of carbonyl (C=O) groups is 1. The molecule has 176 valence electrons. The molecular formula is C23H27FIN5O3. The molecule has 10 heteroatoms. The molecule has 0 aromatic heterocycles. The van der Waals surface area contributed by atoms with Gasteiger partial charge in [-0.2, -0.15) is 0 Å². The van der Waals surface area contributed by atoms with E-state index in [-0.39, 0.29) is 17.8 Å². The number of rotatable bonds is 10. The first-order chi connectivity index (χ1) is 16.0. The van der Waals surface area contributed by atoms with E-state index in [1.165, 1.54) is 19.2 Å². The zero-order chi connectivity index (χ0) is 23.6. The zero-order valence-electron chi connectivity index (χ0n) is 18.5. The summed E-state index contributed by atoms with van der Waals surface area (Å²) in [7, 11) is 1.49. The first-order valence-electron chi connectivity index (χ1n) is 10.8. The van der Waals surface area contributed by atoms with Gasteiger partial charge >= 0.3 is 0 Å². The van der Waals surface area contributed by atoms with Gasteiger partial charge in [0.05, 0.1) is 25.0 Å². The van der Waals surface area contributed by atoms with Crippen molar-refractivity contribution in [2.45, 2.75) is 31.7 Å². The lowest BCUT2D eigenvalue weighted by Crippen LogP contribution is -2.45. The molecule has 0 bridgehead atoms. The van der Waals surface area contributed by atoms with E-state index in [2.05, 4.69) is 20.2 Å². The molecule has 33 heavy (non-hydrogen) atoms. The van der Waals surface area contributed by atoms with Gasteiger partial charge in [0, 0.05) is 27.6 Å². The van der Waals surface area contributed by atoms with Crippen LogP contribution in [0.4, 0.5) is 10.1 Å². The number of benzene rings is 2. The minimum atomic E-state index is -0.265. The third-order valence-electron chi connectivity index (χ3n) is 5.54. The van der Waals surface area contributed by atoms with E-state index in [1.807, 2.05) is 22.6 Å². The van der Waals surface area contributed by atoms with E-state index in [0.717, 1.165) is 45.3 Å². The summed E-state index contributed by atoms with van der Waals surface area (Å²) in [6.45, 7) is 3.44. The van der Waals surface area contributed by atoms with E-state index in [9.17, 15) is 9.18 Å². The molecule has 0 atom stereocenters. The van der Waals surface area contributed by atoms with Crippen LogP contribution in [0.25, 0.3) is 10.4 Å². The number of halogens is 2. The monoisotopic (exact) mass is 567 g/mol. The number of methoxy groups -OCH3 is 1. The first kappa shape index (κ1) is 25.1. The van der Waals surface area contributed by atoms with E-state index >= 15 is 0 Å². The molecule has 1 amide bonds. The standard InChI is InChI=1S/C23H27FIN5O3/c1-32-22-15-21(28-29-26)20(25)14-19(22)23(31)27-17-8-11-30(12-9-17)10-2-3-13-33-18-6-4-16(24)5-7-18/h4-7,14-15,17H,2-3,8-13H2,1H3,(H,27,31). The number of amides is 1. The number of piperidine rings is 1. The van der Waals surface area contributed by atoms with E-state index in [4.69, 9.17) is 15.0 Å². The van der Waals surface area contributed by atoms with Crippen LogP contribution in [0.1, 0.15) is 36.0 Å². The summed E-state index contributed by atoms with van der Waals surface area (Å²) in [6.07, 6.45) is 3.71. The fourth-order valence-electron chi connectivity index (χ4n) is 3.74. The number of likely N-dealkylation sites (tertiary alicyclic amines) is 1. The van der Waals surface area contributed by atoms with Crippen molar-refractivity contribution in [3.05, 3.63) is 61.8 Å². The molecule has 3 rings (SSSR count). The van der Waals surface area contributed by atoms with Crippen LogP contribution in [0.2, 0.25) is 0 Å². The number of ether oxygens (including phenoxy) is 2. The van der Waals surface area contributed by atoms with Crippen LogP contribution in [0, 0.1) is 9.39 Å². The van der Waals surface area contributed by atoms with E-state index in [0.29, 0.717) is 32.9 Å². The largest absolute Gasteiger partial charge is 0.496 e. The van der Waals surface area contributed by atoms with E-state index < -0.39 is 0 Å². The molecule has 0 aliphatic carbocycles. The van der Waals surface area contributed by atoms with Gasteiger partial charge in [-0.15, -0.1) is 0 Å². The molecule has 1 aliphatic heterocycles. The maximum absolute atomic E-state index is 12.9. The zero-order valence-corrected chi connectivity index (χ0v) is 20.6. The molecule has 1 saturated heterocycles. The molecule has 0 saturated carbocycles. The Morgan fingerprint density at radius 2 is 2.00 bits per heavy atom. The summed E-state index contributed by atoms with van der Waals surface area (Å²) < 4.78 is 24.6. The molecular weight excluding hydrogens is 540 g/mol. The molecule has 0 unspecified atom stereocenters. The normalized spacial score (nSPS) is 14.4. The second kappa shape index (κ2) is 12.6. The Hall–Kier alpha value is -2.56. The summed E-state index contributed by atoms with van der Waals surface area (Å²) in [5.41, 5.74) is 9.54. The lowest BCUT2D eigenvalue weighted by atomic mass is 10.0. The third-order valence-corrected chi connectivity index (χ3v) is 6.40. The number of nitrogens with one attached hydrogen (secondary N) is 1. The predicted octanol–water partition coefficient (Wildman–Crippen LogP) is 5.43. The maximum Gasteiger partial charge on any atom is 0.255 e. The Labute approximate surface area is 206 Å². The third kappa shape index (κ3) is 7.48. The topological polar surface area (TPSA) is 99.6 Å². The molecule has 1 fully saturated rings. The highest BCUT2D eigenvalue weighted by Crippen LogP contribution is 2.31. The SMILES string of the molecule is COc1cc(N=[N+]=[N-])c(I)cc1C(=O)NC1CCN(CCCCOc2ccc(F)cc2)CC1. The Balaban J connectivity index is 1.39. The first-order valence-corrected chi connectivity index (χ1v) is 11.9. The number of carbonyl (C=O) groups excluding carboxylic acids is 1. The van der Waals surface area contributed by atoms with Gasteiger partial charge in [-0.1, -0.05) is 5.11 Å². The molecule has 1 aliphatic rings. The minimum Gasteiger partial charge on any atom is -0.496 e. The molecule has 2 aromatic carbocycles. The highest BCUT2D eigenvalue weighted by atomic mass is 127. The quantitative estimate of drug-likeness (QED) is 0.136. The average Bonchev–Trinajstić information content (AvgIpc) is 2.82. The van der Waals surface area contributed by atoms with Gasteiger partial charge in [-0.05, 0) is 96.7 Å². The van der Waals surface area contributed by atoms with Crippen molar-refractivity contribution >= 4 is 34.2 Å². The van der Waals surface area contributed by atoms with Crippen LogP contribution in [0.15, 0.2) is 41.5 Å². The second-order valence-corrected chi connectivity index (χ2v) is 8.95. The van der Waals surface area contributed by atoms with Gasteiger partial charge in [0.25, 0.3) is 5.91 Å². The Kier molecular flexibility index (Phi) is 9.59. The van der Waals surface area contributed by atoms with Crippen molar-refractivity contribution in [3.63, 3.8) is 0 Å². The highest BCUT2D eigenvalue weighted by molar-refractivity contribution is 14.1. The van der Waals surface area contributed by atoms with Crippen molar-refractivity contribution in [1.29, 1.82) is 0 Å². The number of hydrogen-bond acceptors (Lipinski definition) is 5. The number of azide groups is 1. The number of unbranched alkanes of at least 4 members (excludes halogenated alkanes) is 1. The van der Waals surface area contributed by atoms with Gasteiger partial charge in [-0.25, -0.2) is 4.39 Å². The van der Waals surface area contributed by atoms with Gasteiger partial charge in [0.15, 0.2) is 0 Å². The van der Waals surface area contributed by atoms with Gasteiger partial charge in [0.1, 0.15) is 17.3 Å². The van der Waals surface area contributed by atoms with Crippen molar-refractivity contribution < 1.29 is 18.7 Å².